The highest BCUT2D eigenvalue weighted by atomic mass is 16.6. The second-order valence-corrected chi connectivity index (χ2v) is 5.79. The monoisotopic (exact) mass is 350 g/mol. The van der Waals surface area contributed by atoms with Crippen molar-refractivity contribution in [2.75, 3.05) is 33.0 Å². The van der Waals surface area contributed by atoms with E-state index in [1.165, 1.54) is 6.07 Å². The molecule has 8 heteroatoms. The van der Waals surface area contributed by atoms with Gasteiger partial charge < -0.3 is 24.1 Å². The van der Waals surface area contributed by atoms with E-state index in [0.717, 1.165) is 19.1 Å². The maximum Gasteiger partial charge on any atom is 0.347 e. The molecule has 0 aliphatic carbocycles. The lowest BCUT2D eigenvalue weighted by Crippen LogP contribution is -2.09. The molecule has 3 rings (SSSR count). The molecule has 25 heavy (non-hydrogen) atoms. The lowest BCUT2D eigenvalue weighted by molar-refractivity contribution is 0.0443. The first kappa shape index (κ1) is 17.5. The Balaban J connectivity index is 1.51. The van der Waals surface area contributed by atoms with Crippen molar-refractivity contribution < 1.29 is 38.4 Å². The smallest absolute Gasteiger partial charge is 0.347 e. The van der Waals surface area contributed by atoms with Gasteiger partial charge in [-0.1, -0.05) is 0 Å². The summed E-state index contributed by atoms with van der Waals surface area (Å²) >= 11 is 0. The Hall–Kier alpha value is -2.29. The topological polar surface area (TPSA) is 112 Å². The number of epoxide rings is 1. The van der Waals surface area contributed by atoms with Gasteiger partial charge in [0.1, 0.15) is 6.10 Å². The van der Waals surface area contributed by atoms with E-state index in [0.29, 0.717) is 38.4 Å². The molecule has 2 aliphatic rings. The van der Waals surface area contributed by atoms with Crippen molar-refractivity contribution in [1.29, 1.82) is 0 Å². The van der Waals surface area contributed by atoms with Gasteiger partial charge in [0.15, 0.2) is 0 Å². The van der Waals surface area contributed by atoms with Gasteiger partial charge in [-0.25, -0.2) is 14.4 Å². The van der Waals surface area contributed by atoms with Crippen LogP contribution >= 0.6 is 0 Å². The van der Waals surface area contributed by atoms with Crippen molar-refractivity contribution in [2.45, 2.75) is 18.9 Å². The summed E-state index contributed by atoms with van der Waals surface area (Å²) in [7, 11) is 0. The van der Waals surface area contributed by atoms with Crippen LogP contribution in [-0.4, -0.2) is 62.2 Å². The van der Waals surface area contributed by atoms with Crippen molar-refractivity contribution >= 4 is 17.9 Å². The Morgan fingerprint density at radius 3 is 2.64 bits per heavy atom. The number of carbonyl (C=O) groups is 3. The fourth-order valence-electron chi connectivity index (χ4n) is 2.54. The summed E-state index contributed by atoms with van der Waals surface area (Å²) in [6, 6.07) is 2.54. The predicted molar refractivity (Wildman–Crippen MR) is 82.8 cm³/mol. The van der Waals surface area contributed by atoms with Crippen molar-refractivity contribution in [3.05, 3.63) is 34.4 Å². The van der Waals surface area contributed by atoms with Crippen LogP contribution in [0.25, 0.3) is 0 Å². The van der Waals surface area contributed by atoms with Crippen molar-refractivity contribution in [3.8, 4) is 0 Å². The van der Waals surface area contributed by atoms with E-state index >= 15 is 0 Å². The largest absolute Gasteiger partial charge is 0.478 e. The molecule has 1 fully saturated rings. The van der Waals surface area contributed by atoms with Crippen LogP contribution in [-0.2, 0) is 25.4 Å². The highest BCUT2D eigenvalue weighted by Crippen LogP contribution is 2.26. The summed E-state index contributed by atoms with van der Waals surface area (Å²) < 4.78 is 20.5. The Morgan fingerprint density at radius 2 is 1.92 bits per heavy atom. The molecule has 2 heterocycles. The van der Waals surface area contributed by atoms with Gasteiger partial charge in [0.05, 0.1) is 36.5 Å². The minimum Gasteiger partial charge on any atom is -0.478 e. The van der Waals surface area contributed by atoms with Crippen molar-refractivity contribution in [1.82, 2.24) is 0 Å². The van der Waals surface area contributed by atoms with Crippen LogP contribution in [0.2, 0.25) is 0 Å². The van der Waals surface area contributed by atoms with Crippen LogP contribution in [0, 0.1) is 0 Å². The van der Waals surface area contributed by atoms with Crippen LogP contribution in [0.1, 0.15) is 43.1 Å². The van der Waals surface area contributed by atoms with Crippen LogP contribution in [0.4, 0.5) is 0 Å². The third-order valence-corrected chi connectivity index (χ3v) is 3.88. The number of hydrogen-bond acceptors (Lipinski definition) is 7. The summed E-state index contributed by atoms with van der Waals surface area (Å²) in [5.74, 6) is -2.74. The molecule has 0 saturated carbocycles. The quantitative estimate of drug-likeness (QED) is 0.288. The molecule has 0 amide bonds. The summed E-state index contributed by atoms with van der Waals surface area (Å²) in [6.07, 6.45) is 1.27. The van der Waals surface area contributed by atoms with Crippen LogP contribution < -0.4 is 0 Å². The Bertz CT molecular complexity index is 692. The number of fused-ring (bicyclic) bond motifs is 1. The summed E-state index contributed by atoms with van der Waals surface area (Å²) in [6.45, 7) is 2.72. The number of carboxylic acids is 1. The lowest BCUT2D eigenvalue weighted by Gasteiger charge is -2.08. The van der Waals surface area contributed by atoms with E-state index in [1.807, 2.05) is 0 Å². The maximum absolute atomic E-state index is 11.8. The fourth-order valence-corrected chi connectivity index (χ4v) is 2.54. The lowest BCUT2D eigenvalue weighted by atomic mass is 9.97. The van der Waals surface area contributed by atoms with Gasteiger partial charge >= 0.3 is 17.9 Å². The molecule has 0 aromatic heterocycles. The number of hydrogen-bond donors (Lipinski definition) is 1. The fraction of sp³-hybridized carbons (Fsp3) is 0.471. The number of benzene rings is 1. The summed E-state index contributed by atoms with van der Waals surface area (Å²) in [5, 5.41) is 9.14. The first-order valence-electron chi connectivity index (χ1n) is 8.00. The van der Waals surface area contributed by atoms with E-state index in [1.54, 1.807) is 0 Å². The molecule has 0 spiro atoms. The number of esters is 2. The summed E-state index contributed by atoms with van der Waals surface area (Å²) in [4.78, 5) is 34.6. The van der Waals surface area contributed by atoms with E-state index in [9.17, 15) is 14.4 Å². The van der Waals surface area contributed by atoms with Gasteiger partial charge in [-0.2, -0.15) is 0 Å². The molecule has 134 valence electrons. The molecular formula is C17H18O8. The number of carboxylic acid groups (broad SMARTS) is 1. The zero-order valence-electron chi connectivity index (χ0n) is 13.5. The molecule has 1 unspecified atom stereocenters. The van der Waals surface area contributed by atoms with Crippen molar-refractivity contribution in [2.24, 2.45) is 0 Å². The number of aromatic carboxylic acids is 1. The van der Waals surface area contributed by atoms with Gasteiger partial charge in [-0.15, -0.1) is 0 Å². The number of cyclic esters (lactones) is 2. The highest BCUT2D eigenvalue weighted by Gasteiger charge is 2.33. The Morgan fingerprint density at radius 1 is 1.16 bits per heavy atom. The average Bonchev–Trinajstić information content (AvgIpc) is 3.35. The Labute approximate surface area is 143 Å². The number of rotatable bonds is 10. The van der Waals surface area contributed by atoms with Gasteiger partial charge in [-0.05, 0) is 30.5 Å². The number of carbonyl (C=O) groups excluding carboxylic acids is 2. The van der Waals surface area contributed by atoms with Gasteiger partial charge in [0, 0.05) is 13.2 Å². The van der Waals surface area contributed by atoms with Crippen LogP contribution in [0.5, 0.6) is 0 Å². The third-order valence-electron chi connectivity index (χ3n) is 3.88. The molecule has 1 atom stereocenters. The molecular weight excluding hydrogens is 332 g/mol. The second kappa shape index (κ2) is 7.73. The zero-order valence-corrected chi connectivity index (χ0v) is 13.5. The molecule has 0 bridgehead atoms. The molecule has 1 aromatic rings. The van der Waals surface area contributed by atoms with Crippen molar-refractivity contribution in [3.63, 3.8) is 0 Å². The first-order valence-corrected chi connectivity index (χ1v) is 8.00. The molecule has 1 N–H and O–H groups in total. The zero-order chi connectivity index (χ0) is 17.8. The molecule has 1 saturated heterocycles. The molecule has 2 aliphatic heterocycles. The molecule has 1 aromatic carbocycles. The van der Waals surface area contributed by atoms with Crippen LogP contribution in [0.15, 0.2) is 12.1 Å². The standard InChI is InChI=1S/C17H18O8/c18-15(19)11-6-10(14-13(7-11)16(20)25-17(14)21)2-5-22-3-1-4-23-8-12-9-24-12/h6-7,12H,1-5,8-9H2,(H,18,19). The van der Waals surface area contributed by atoms with Crippen LogP contribution in [0.3, 0.4) is 0 Å². The van der Waals surface area contributed by atoms with E-state index < -0.39 is 17.9 Å². The molecule has 0 radical (unpaired) electrons. The number of ether oxygens (including phenoxy) is 4. The molecule has 8 nitrogen and oxygen atoms in total. The maximum atomic E-state index is 11.8. The van der Waals surface area contributed by atoms with E-state index in [2.05, 4.69) is 4.74 Å². The van der Waals surface area contributed by atoms with Gasteiger partial charge in [-0.3, -0.25) is 0 Å². The first-order chi connectivity index (χ1) is 12.1. The van der Waals surface area contributed by atoms with Gasteiger partial charge in [0.25, 0.3) is 0 Å². The van der Waals surface area contributed by atoms with Gasteiger partial charge in [0.2, 0.25) is 0 Å². The predicted octanol–water partition coefficient (Wildman–Crippen LogP) is 1.06. The van der Waals surface area contributed by atoms with E-state index in [-0.39, 0.29) is 22.8 Å². The minimum absolute atomic E-state index is 0.00408. The normalized spacial score (nSPS) is 18.2. The minimum atomic E-state index is -1.17. The Kier molecular flexibility index (Phi) is 5.42. The van der Waals surface area contributed by atoms with E-state index in [4.69, 9.17) is 19.3 Å². The average molecular weight is 350 g/mol. The SMILES string of the molecule is O=C(O)c1cc(CCOCCCOCC2CO2)c2c(c1)C(=O)OC2=O. The third kappa shape index (κ3) is 4.41. The second-order valence-electron chi connectivity index (χ2n) is 5.79. The highest BCUT2D eigenvalue weighted by molar-refractivity contribution is 6.16. The summed E-state index contributed by atoms with van der Waals surface area (Å²) in [5.41, 5.74) is 0.505.